The molecule has 1 atom stereocenters. The van der Waals surface area contributed by atoms with Crippen molar-refractivity contribution in [2.75, 3.05) is 6.54 Å². The molecule has 3 nitrogen and oxygen atoms in total. The highest BCUT2D eigenvalue weighted by Gasteiger charge is 2.27. The minimum absolute atomic E-state index is 0.144. The summed E-state index contributed by atoms with van der Waals surface area (Å²) >= 11 is 0. The summed E-state index contributed by atoms with van der Waals surface area (Å²) in [7, 11) is 0. The molecule has 0 unspecified atom stereocenters. The van der Waals surface area contributed by atoms with Gasteiger partial charge in [-0.15, -0.1) is 0 Å². The van der Waals surface area contributed by atoms with Crippen LogP contribution in [0.25, 0.3) is 0 Å². The van der Waals surface area contributed by atoms with Gasteiger partial charge in [-0.1, -0.05) is 13.8 Å². The van der Waals surface area contributed by atoms with Crippen molar-refractivity contribution in [2.45, 2.75) is 45.6 Å². The fourth-order valence-electron chi connectivity index (χ4n) is 1.80. The number of amides is 1. The first-order valence-electron chi connectivity index (χ1n) is 5.40. The lowest BCUT2D eigenvalue weighted by Crippen LogP contribution is -2.36. The van der Waals surface area contributed by atoms with Crippen molar-refractivity contribution >= 4 is 12.2 Å². The highest BCUT2D eigenvalue weighted by atomic mass is 16.2. The summed E-state index contributed by atoms with van der Waals surface area (Å²) in [5.74, 6) is 0.699. The maximum atomic E-state index is 11.7. The van der Waals surface area contributed by atoms with Crippen LogP contribution in [0.3, 0.4) is 0 Å². The van der Waals surface area contributed by atoms with Crippen molar-refractivity contribution in [3.8, 4) is 0 Å². The molecule has 1 aliphatic heterocycles. The number of aldehydes is 1. The Morgan fingerprint density at radius 3 is 2.86 bits per heavy atom. The molecule has 0 bridgehead atoms. The number of hydrogen-bond acceptors (Lipinski definition) is 2. The first-order chi connectivity index (χ1) is 6.65. The van der Waals surface area contributed by atoms with E-state index in [2.05, 4.69) is 13.8 Å². The standard InChI is InChI=1S/C11H19NO2/c1-9(2)5-6-11(14)12-7-3-4-10(12)8-13/h8-10H,3-7H2,1-2H3/t10-/m0/s1. The van der Waals surface area contributed by atoms with E-state index < -0.39 is 0 Å². The van der Waals surface area contributed by atoms with Gasteiger partial charge in [0.15, 0.2) is 0 Å². The largest absolute Gasteiger partial charge is 0.333 e. The van der Waals surface area contributed by atoms with E-state index in [-0.39, 0.29) is 11.9 Å². The van der Waals surface area contributed by atoms with Crippen LogP contribution in [0.5, 0.6) is 0 Å². The Hall–Kier alpha value is -0.860. The second kappa shape index (κ2) is 5.13. The van der Waals surface area contributed by atoms with Crippen LogP contribution in [0, 0.1) is 5.92 Å². The summed E-state index contributed by atoms with van der Waals surface area (Å²) in [6, 6.07) is -0.144. The number of hydrogen-bond donors (Lipinski definition) is 0. The summed E-state index contributed by atoms with van der Waals surface area (Å²) < 4.78 is 0. The maximum Gasteiger partial charge on any atom is 0.223 e. The van der Waals surface area contributed by atoms with E-state index in [9.17, 15) is 9.59 Å². The zero-order chi connectivity index (χ0) is 10.6. The molecule has 0 radical (unpaired) electrons. The van der Waals surface area contributed by atoms with E-state index in [1.165, 1.54) is 0 Å². The van der Waals surface area contributed by atoms with Crippen LogP contribution in [-0.2, 0) is 9.59 Å². The van der Waals surface area contributed by atoms with Gasteiger partial charge in [-0.2, -0.15) is 0 Å². The lowest BCUT2D eigenvalue weighted by atomic mass is 10.1. The Labute approximate surface area is 85.5 Å². The Bertz CT molecular complexity index is 213. The molecule has 80 valence electrons. The number of likely N-dealkylation sites (tertiary alicyclic amines) is 1. The second-order valence-electron chi connectivity index (χ2n) is 4.37. The van der Waals surface area contributed by atoms with E-state index in [0.29, 0.717) is 12.3 Å². The SMILES string of the molecule is CC(C)CCC(=O)N1CCC[C@H]1C=O. The lowest BCUT2D eigenvalue weighted by molar-refractivity contribution is -0.134. The zero-order valence-electron chi connectivity index (χ0n) is 9.03. The highest BCUT2D eigenvalue weighted by Crippen LogP contribution is 2.17. The van der Waals surface area contributed by atoms with Gasteiger partial charge in [0.1, 0.15) is 6.29 Å². The van der Waals surface area contributed by atoms with Gasteiger partial charge >= 0.3 is 0 Å². The fraction of sp³-hybridized carbons (Fsp3) is 0.818. The molecule has 3 heteroatoms. The minimum atomic E-state index is -0.144. The molecule has 1 saturated heterocycles. The van der Waals surface area contributed by atoms with E-state index in [1.807, 2.05) is 0 Å². The van der Waals surface area contributed by atoms with Crippen molar-refractivity contribution in [2.24, 2.45) is 5.92 Å². The average Bonchev–Trinajstić information content (AvgIpc) is 2.61. The molecular weight excluding hydrogens is 178 g/mol. The molecule has 1 rings (SSSR count). The van der Waals surface area contributed by atoms with Gasteiger partial charge in [0.2, 0.25) is 5.91 Å². The van der Waals surface area contributed by atoms with Gasteiger partial charge in [0.05, 0.1) is 6.04 Å². The van der Waals surface area contributed by atoms with Crippen LogP contribution in [0.4, 0.5) is 0 Å². The molecule has 0 aromatic carbocycles. The third-order valence-corrected chi connectivity index (χ3v) is 2.71. The molecule has 0 aromatic heterocycles. The van der Waals surface area contributed by atoms with Gasteiger partial charge < -0.3 is 9.69 Å². The first-order valence-corrected chi connectivity index (χ1v) is 5.40. The van der Waals surface area contributed by atoms with Crippen LogP contribution < -0.4 is 0 Å². The van der Waals surface area contributed by atoms with Crippen molar-refractivity contribution in [3.05, 3.63) is 0 Å². The van der Waals surface area contributed by atoms with Crippen LogP contribution in [0.1, 0.15) is 39.5 Å². The molecule has 1 aliphatic rings. The van der Waals surface area contributed by atoms with Crippen molar-refractivity contribution < 1.29 is 9.59 Å². The van der Waals surface area contributed by atoms with E-state index in [1.54, 1.807) is 4.90 Å². The van der Waals surface area contributed by atoms with Crippen molar-refractivity contribution in [1.29, 1.82) is 0 Å². The zero-order valence-corrected chi connectivity index (χ0v) is 9.03. The molecular formula is C11H19NO2. The monoisotopic (exact) mass is 197 g/mol. The summed E-state index contributed by atoms with van der Waals surface area (Å²) in [6.45, 7) is 4.98. The highest BCUT2D eigenvalue weighted by molar-refractivity contribution is 5.80. The second-order valence-corrected chi connectivity index (χ2v) is 4.37. The van der Waals surface area contributed by atoms with Gasteiger partial charge in [0.25, 0.3) is 0 Å². The lowest BCUT2D eigenvalue weighted by Gasteiger charge is -2.20. The smallest absolute Gasteiger partial charge is 0.223 e. The fourth-order valence-corrected chi connectivity index (χ4v) is 1.80. The minimum Gasteiger partial charge on any atom is -0.333 e. The van der Waals surface area contributed by atoms with Gasteiger partial charge in [0, 0.05) is 13.0 Å². The predicted molar refractivity (Wildman–Crippen MR) is 54.9 cm³/mol. The summed E-state index contributed by atoms with van der Waals surface area (Å²) in [5.41, 5.74) is 0. The quantitative estimate of drug-likeness (QED) is 0.642. The molecule has 1 fully saturated rings. The van der Waals surface area contributed by atoms with Gasteiger partial charge in [-0.25, -0.2) is 0 Å². The Morgan fingerprint density at radius 2 is 2.29 bits per heavy atom. The average molecular weight is 197 g/mol. The third-order valence-electron chi connectivity index (χ3n) is 2.71. The normalized spacial score (nSPS) is 21.6. The van der Waals surface area contributed by atoms with Gasteiger partial charge in [-0.05, 0) is 25.2 Å². The topological polar surface area (TPSA) is 37.4 Å². The molecule has 1 amide bonds. The van der Waals surface area contributed by atoms with E-state index in [0.717, 1.165) is 32.1 Å². The summed E-state index contributed by atoms with van der Waals surface area (Å²) in [4.78, 5) is 24.1. The Balaban J connectivity index is 2.39. The number of rotatable bonds is 4. The van der Waals surface area contributed by atoms with Crippen LogP contribution in [0.15, 0.2) is 0 Å². The molecule has 0 aliphatic carbocycles. The Kier molecular flexibility index (Phi) is 4.11. The van der Waals surface area contributed by atoms with Crippen LogP contribution in [-0.4, -0.2) is 29.7 Å². The summed E-state index contributed by atoms with van der Waals surface area (Å²) in [5, 5.41) is 0. The molecule has 1 heterocycles. The van der Waals surface area contributed by atoms with Crippen molar-refractivity contribution in [1.82, 2.24) is 4.90 Å². The van der Waals surface area contributed by atoms with E-state index in [4.69, 9.17) is 0 Å². The van der Waals surface area contributed by atoms with E-state index >= 15 is 0 Å². The molecule has 14 heavy (non-hydrogen) atoms. The maximum absolute atomic E-state index is 11.7. The first kappa shape index (κ1) is 11.2. The molecule has 0 saturated carbocycles. The van der Waals surface area contributed by atoms with Gasteiger partial charge in [-0.3, -0.25) is 4.79 Å². The third kappa shape index (κ3) is 2.82. The molecule has 0 spiro atoms. The number of carbonyl (C=O) groups excluding carboxylic acids is 2. The predicted octanol–water partition coefficient (Wildman–Crippen LogP) is 1.61. The molecule has 0 N–H and O–H groups in total. The number of nitrogens with zero attached hydrogens (tertiary/aromatic N) is 1. The molecule has 0 aromatic rings. The summed E-state index contributed by atoms with van der Waals surface area (Å²) in [6.07, 6.45) is 4.22. The Morgan fingerprint density at radius 1 is 1.57 bits per heavy atom. The van der Waals surface area contributed by atoms with Crippen molar-refractivity contribution in [3.63, 3.8) is 0 Å². The van der Waals surface area contributed by atoms with Crippen LogP contribution in [0.2, 0.25) is 0 Å². The van der Waals surface area contributed by atoms with Crippen LogP contribution >= 0.6 is 0 Å². The number of carbonyl (C=O) groups is 2.